The summed E-state index contributed by atoms with van der Waals surface area (Å²) < 4.78 is 12.6. The molecule has 118 valence electrons. The van der Waals surface area contributed by atoms with Gasteiger partial charge in [-0.3, -0.25) is 4.57 Å². The van der Waals surface area contributed by atoms with E-state index in [1.165, 1.54) is 12.1 Å². The summed E-state index contributed by atoms with van der Waals surface area (Å²) in [6, 6.07) is 0. The second-order valence-corrected chi connectivity index (χ2v) is 7.92. The third-order valence-electron chi connectivity index (χ3n) is 3.36. The maximum absolute atomic E-state index is 12.6. The van der Waals surface area contributed by atoms with Gasteiger partial charge in [0, 0.05) is 5.41 Å². The maximum Gasteiger partial charge on any atom is 0.265 e. The number of nitrogen functional groups attached to an aromatic ring is 1. The van der Waals surface area contributed by atoms with Crippen molar-refractivity contribution >= 4 is 30.6 Å². The minimum Gasteiger partial charge on any atom is -0.627 e. The number of imidazole rings is 1. The second-order valence-electron chi connectivity index (χ2n) is 6.07. The van der Waals surface area contributed by atoms with E-state index in [1.807, 2.05) is 13.8 Å². The summed E-state index contributed by atoms with van der Waals surface area (Å²) in [5.41, 5.74) is 7.31. The summed E-state index contributed by atoms with van der Waals surface area (Å²) in [4.78, 5) is 24.8. The molecule has 1 fully saturated rings. The number of hydrogen-bond acceptors (Lipinski definition) is 7. The van der Waals surface area contributed by atoms with E-state index in [0.717, 1.165) is 0 Å². The first-order valence-electron chi connectivity index (χ1n) is 6.82. The first kappa shape index (κ1) is 15.3. The van der Waals surface area contributed by atoms with Crippen LogP contribution in [0.1, 0.15) is 20.8 Å². The Bertz CT molecular complexity index is 732. The molecule has 0 unspecified atom stereocenters. The first-order chi connectivity index (χ1) is 10.3. The Morgan fingerprint density at radius 3 is 2.73 bits per heavy atom. The molecule has 22 heavy (non-hydrogen) atoms. The van der Waals surface area contributed by atoms with Gasteiger partial charge < -0.3 is 10.6 Å². The summed E-state index contributed by atoms with van der Waals surface area (Å²) in [5, 5.41) is 0. The van der Waals surface area contributed by atoms with Gasteiger partial charge in [0.05, 0.1) is 5.70 Å². The number of aromatic nitrogens is 4. The van der Waals surface area contributed by atoms with E-state index in [4.69, 9.17) is 14.8 Å². The zero-order chi connectivity index (χ0) is 16.0. The molecule has 2 aromatic rings. The van der Waals surface area contributed by atoms with Crippen LogP contribution >= 0.6 is 7.94 Å². The van der Waals surface area contributed by atoms with Crippen LogP contribution in [-0.2, 0) is 9.05 Å². The van der Waals surface area contributed by atoms with Gasteiger partial charge in [0.15, 0.2) is 17.0 Å². The van der Waals surface area contributed by atoms with Crippen molar-refractivity contribution in [2.24, 2.45) is 5.41 Å². The lowest BCUT2D eigenvalue weighted by Crippen LogP contribution is -2.34. The number of anilines is 1. The van der Waals surface area contributed by atoms with E-state index >= 15 is 0 Å². The van der Waals surface area contributed by atoms with Crippen molar-refractivity contribution in [3.63, 3.8) is 0 Å². The number of nitrogens with zero attached hydrogens (tertiary/aromatic N) is 4. The Morgan fingerprint density at radius 2 is 2.05 bits per heavy atom. The lowest BCUT2D eigenvalue weighted by molar-refractivity contribution is -0.228. The smallest absolute Gasteiger partial charge is 0.265 e. The third kappa shape index (κ3) is 2.83. The largest absolute Gasteiger partial charge is 0.627 e. The predicted octanol–water partition coefficient (Wildman–Crippen LogP) is 1.42. The van der Waals surface area contributed by atoms with E-state index in [1.54, 1.807) is 17.8 Å². The van der Waals surface area contributed by atoms with E-state index in [2.05, 4.69) is 15.0 Å². The minimum atomic E-state index is -3.27. The van der Waals surface area contributed by atoms with Gasteiger partial charge in [-0.1, -0.05) is 13.8 Å². The summed E-state index contributed by atoms with van der Waals surface area (Å²) in [6.45, 7) is 6.54. The van der Waals surface area contributed by atoms with Crippen LogP contribution in [0.25, 0.3) is 16.9 Å². The van der Waals surface area contributed by atoms with Crippen molar-refractivity contribution in [1.82, 2.24) is 19.5 Å². The van der Waals surface area contributed by atoms with Crippen LogP contribution in [0.15, 0.2) is 18.5 Å². The van der Waals surface area contributed by atoms with Crippen molar-refractivity contribution in [2.45, 2.75) is 20.8 Å². The molecule has 0 atom stereocenters. The van der Waals surface area contributed by atoms with Gasteiger partial charge in [0.1, 0.15) is 31.7 Å². The van der Waals surface area contributed by atoms with Gasteiger partial charge in [-0.2, -0.15) is 0 Å². The summed E-state index contributed by atoms with van der Waals surface area (Å²) in [5.74, 6) is 1.79. The number of allylic oxidation sites excluding steroid dienone is 1. The highest BCUT2D eigenvalue weighted by molar-refractivity contribution is 7.62. The topological polar surface area (TPSA) is 111 Å². The standard InChI is InChI=1S/C13H18N5O3P/c1-9(4-22(19)20-5-13(2,3)6-21-22)18-8-17-10-11(14)15-7-16-12(10)18/h4,7-8H,5-6H2,1-3H3,(H2,14,15,16)/b9-4+. The van der Waals surface area contributed by atoms with Gasteiger partial charge in [-0.15, -0.1) is 0 Å². The minimum absolute atomic E-state index is 0.140. The van der Waals surface area contributed by atoms with Gasteiger partial charge in [-0.25, -0.2) is 24.0 Å². The third-order valence-corrected chi connectivity index (χ3v) is 5.03. The number of hydrogen-bond donors (Lipinski definition) is 1. The zero-order valence-corrected chi connectivity index (χ0v) is 13.6. The molecule has 8 nitrogen and oxygen atoms in total. The quantitative estimate of drug-likeness (QED) is 0.832. The second kappa shape index (κ2) is 5.24. The average Bonchev–Trinajstić information content (AvgIpc) is 2.88. The zero-order valence-electron chi connectivity index (χ0n) is 12.7. The number of fused-ring (bicyclic) bond motifs is 1. The van der Waals surface area contributed by atoms with E-state index in [0.29, 0.717) is 35.9 Å². The van der Waals surface area contributed by atoms with E-state index in [9.17, 15) is 4.89 Å². The van der Waals surface area contributed by atoms with E-state index in [-0.39, 0.29) is 5.41 Å². The molecular formula is C13H18N5O3P. The van der Waals surface area contributed by atoms with Crippen LogP contribution in [-0.4, -0.2) is 32.7 Å². The van der Waals surface area contributed by atoms with Crippen LogP contribution < -0.4 is 10.6 Å². The van der Waals surface area contributed by atoms with E-state index < -0.39 is 7.94 Å². The van der Waals surface area contributed by atoms with Crippen molar-refractivity contribution in [3.05, 3.63) is 18.5 Å². The van der Waals surface area contributed by atoms with Crippen molar-refractivity contribution in [3.8, 4) is 0 Å². The molecule has 1 aliphatic heterocycles. The van der Waals surface area contributed by atoms with Crippen LogP contribution in [0.5, 0.6) is 0 Å². The fourth-order valence-corrected chi connectivity index (χ4v) is 3.95. The Balaban J connectivity index is 1.92. The Labute approximate surface area is 128 Å². The molecule has 0 aromatic carbocycles. The highest BCUT2D eigenvalue weighted by Crippen LogP contribution is 2.59. The molecule has 1 saturated heterocycles. The van der Waals surface area contributed by atoms with Gasteiger partial charge in [0.2, 0.25) is 0 Å². The van der Waals surface area contributed by atoms with Crippen molar-refractivity contribution < 1.29 is 13.9 Å². The molecule has 2 N–H and O–H groups in total. The van der Waals surface area contributed by atoms with Crippen molar-refractivity contribution in [2.75, 3.05) is 18.9 Å². The molecule has 1 aliphatic rings. The maximum atomic E-state index is 12.6. The highest BCUT2D eigenvalue weighted by Gasteiger charge is 2.40. The lowest BCUT2D eigenvalue weighted by Gasteiger charge is -2.36. The Hall–Kier alpha value is -1.60. The monoisotopic (exact) mass is 323 g/mol. The fraction of sp³-hybridized carbons (Fsp3) is 0.462. The molecule has 0 aliphatic carbocycles. The predicted molar refractivity (Wildman–Crippen MR) is 82.3 cm³/mol. The molecule has 0 saturated carbocycles. The van der Waals surface area contributed by atoms with Crippen LogP contribution in [0.3, 0.4) is 0 Å². The molecule has 0 bridgehead atoms. The molecule has 0 radical (unpaired) electrons. The fourth-order valence-electron chi connectivity index (χ4n) is 2.08. The van der Waals surface area contributed by atoms with Crippen molar-refractivity contribution in [1.29, 1.82) is 0 Å². The molecule has 3 rings (SSSR count). The summed E-state index contributed by atoms with van der Waals surface area (Å²) in [6.07, 6.45) is 2.92. The normalized spacial score (nSPS) is 21.2. The Morgan fingerprint density at radius 1 is 1.36 bits per heavy atom. The van der Waals surface area contributed by atoms with Crippen LogP contribution in [0.2, 0.25) is 0 Å². The number of nitrogens with two attached hydrogens (primary N) is 1. The van der Waals surface area contributed by atoms with Gasteiger partial charge in [0.25, 0.3) is 7.94 Å². The average molecular weight is 323 g/mol. The van der Waals surface area contributed by atoms with Crippen LogP contribution in [0.4, 0.5) is 5.82 Å². The van der Waals surface area contributed by atoms with Gasteiger partial charge in [-0.05, 0) is 6.92 Å². The molecule has 0 spiro atoms. The molecule has 0 amide bonds. The van der Waals surface area contributed by atoms with Gasteiger partial charge >= 0.3 is 0 Å². The molecular weight excluding hydrogens is 305 g/mol. The molecule has 2 aromatic heterocycles. The van der Waals surface area contributed by atoms with Crippen LogP contribution in [0, 0.1) is 5.41 Å². The Kier molecular flexibility index (Phi) is 3.65. The lowest BCUT2D eigenvalue weighted by atomic mass is 9.97. The molecule has 3 heterocycles. The highest BCUT2D eigenvalue weighted by atomic mass is 31.2. The molecule has 9 heteroatoms. The SMILES string of the molecule is C/C(=C\[P+]1([O-])OCC(C)(C)CO1)n1cnc2c(N)ncnc21. The summed E-state index contributed by atoms with van der Waals surface area (Å²) >= 11 is 0. The number of rotatable bonds is 2. The summed E-state index contributed by atoms with van der Waals surface area (Å²) in [7, 11) is -3.27. The first-order valence-corrected chi connectivity index (χ1v) is 8.43.